The Morgan fingerprint density at radius 2 is 1.94 bits per heavy atom. The molecule has 3 fully saturated rings. The van der Waals surface area contributed by atoms with Gasteiger partial charge in [0.05, 0.1) is 5.41 Å². The number of rotatable bonds is 1. The Hall–Kier alpha value is -0.590. The fourth-order valence-corrected chi connectivity index (χ4v) is 5.12. The summed E-state index contributed by atoms with van der Waals surface area (Å²) in [6, 6.07) is 0. The molecule has 3 saturated carbocycles. The zero-order valence-corrected chi connectivity index (χ0v) is 11.5. The van der Waals surface area contributed by atoms with Gasteiger partial charge in [0.15, 0.2) is 0 Å². The van der Waals surface area contributed by atoms with Crippen LogP contribution in [-0.2, 0) is 4.79 Å². The summed E-state index contributed by atoms with van der Waals surface area (Å²) >= 11 is 0. The number of fused-ring (bicyclic) bond motifs is 3. The fraction of sp³-hybridized carbons (Fsp3) is 0.812. The molecule has 0 aromatic heterocycles. The average molecular weight is 232 g/mol. The second-order valence-electron chi connectivity index (χ2n) is 7.63. The summed E-state index contributed by atoms with van der Waals surface area (Å²) in [5.41, 5.74) is 0.670. The summed E-state index contributed by atoms with van der Waals surface area (Å²) in [7, 11) is 0. The predicted molar refractivity (Wildman–Crippen MR) is 69.6 cm³/mol. The van der Waals surface area contributed by atoms with E-state index in [-0.39, 0.29) is 10.8 Å². The van der Waals surface area contributed by atoms with Crippen LogP contribution in [0.2, 0.25) is 0 Å². The van der Waals surface area contributed by atoms with E-state index in [0.29, 0.717) is 17.1 Å². The van der Waals surface area contributed by atoms with Gasteiger partial charge in [0.25, 0.3) is 0 Å². The number of ketones is 1. The van der Waals surface area contributed by atoms with Gasteiger partial charge in [0, 0.05) is 6.42 Å². The molecular formula is C16H24O. The van der Waals surface area contributed by atoms with Gasteiger partial charge in [-0.15, -0.1) is 0 Å². The molecule has 4 atom stereocenters. The van der Waals surface area contributed by atoms with Crippen molar-refractivity contribution in [3.8, 4) is 0 Å². The lowest BCUT2D eigenvalue weighted by Gasteiger charge is -2.35. The molecule has 3 rings (SSSR count). The number of hydrogen-bond donors (Lipinski definition) is 0. The number of Topliss-reactive ketones (excluding diaryl/α,β-unsaturated/α-hetero) is 1. The van der Waals surface area contributed by atoms with Crippen LogP contribution in [0.3, 0.4) is 0 Å². The summed E-state index contributed by atoms with van der Waals surface area (Å²) < 4.78 is 0. The highest BCUT2D eigenvalue weighted by Crippen LogP contribution is 2.77. The van der Waals surface area contributed by atoms with Gasteiger partial charge >= 0.3 is 0 Å². The standard InChI is InChI=1S/C16H24O/c1-5-6-16-10-15(16,4)12-9-14(2,3)8-11(12)7-13(16)17/h5-6,11-12H,7-10H2,1-4H3/b6-5-/t11-,12+,15-,16+/m1/s1. The van der Waals surface area contributed by atoms with Gasteiger partial charge in [0.2, 0.25) is 0 Å². The molecule has 1 nitrogen and oxygen atoms in total. The Morgan fingerprint density at radius 3 is 2.59 bits per heavy atom. The van der Waals surface area contributed by atoms with Crippen LogP contribution in [0.1, 0.15) is 53.4 Å². The lowest BCUT2D eigenvalue weighted by Crippen LogP contribution is -2.35. The first kappa shape index (κ1) is 11.5. The predicted octanol–water partition coefficient (Wildman–Crippen LogP) is 3.98. The molecule has 0 aromatic rings. The van der Waals surface area contributed by atoms with Gasteiger partial charge in [0.1, 0.15) is 5.78 Å². The number of allylic oxidation sites excluding steroid dienone is 2. The molecule has 1 heteroatoms. The Balaban J connectivity index is 1.97. The average Bonchev–Trinajstić information content (AvgIpc) is 2.69. The highest BCUT2D eigenvalue weighted by Gasteiger charge is 2.74. The zero-order chi connectivity index (χ0) is 12.5. The van der Waals surface area contributed by atoms with Crippen molar-refractivity contribution in [2.45, 2.75) is 53.4 Å². The van der Waals surface area contributed by atoms with E-state index in [2.05, 4.69) is 32.9 Å². The third-order valence-electron chi connectivity index (χ3n) is 5.91. The smallest absolute Gasteiger partial charge is 0.143 e. The molecule has 3 aliphatic rings. The molecule has 0 radical (unpaired) electrons. The van der Waals surface area contributed by atoms with E-state index in [0.717, 1.165) is 18.8 Å². The van der Waals surface area contributed by atoms with Crippen LogP contribution in [0.4, 0.5) is 0 Å². The maximum absolute atomic E-state index is 12.5. The van der Waals surface area contributed by atoms with Crippen molar-refractivity contribution in [2.24, 2.45) is 28.1 Å². The van der Waals surface area contributed by atoms with E-state index >= 15 is 0 Å². The third kappa shape index (κ3) is 1.29. The lowest BCUT2D eigenvalue weighted by atomic mass is 9.68. The highest BCUT2D eigenvalue weighted by atomic mass is 16.1. The minimum atomic E-state index is -0.0661. The van der Waals surface area contributed by atoms with Crippen LogP contribution < -0.4 is 0 Å². The molecule has 0 heterocycles. The quantitative estimate of drug-likeness (QED) is 0.625. The molecule has 0 amide bonds. The van der Waals surface area contributed by atoms with E-state index in [9.17, 15) is 4.79 Å². The van der Waals surface area contributed by atoms with Crippen LogP contribution >= 0.6 is 0 Å². The fourth-order valence-electron chi connectivity index (χ4n) is 5.12. The van der Waals surface area contributed by atoms with Crippen molar-refractivity contribution < 1.29 is 4.79 Å². The molecule has 3 aliphatic carbocycles. The summed E-state index contributed by atoms with van der Waals surface area (Å²) in [5.74, 6) is 1.98. The summed E-state index contributed by atoms with van der Waals surface area (Å²) in [5, 5.41) is 0. The molecule has 0 bridgehead atoms. The maximum Gasteiger partial charge on any atom is 0.143 e. The minimum Gasteiger partial charge on any atom is -0.299 e. The Labute approximate surface area is 105 Å². The minimum absolute atomic E-state index is 0.0661. The first-order valence-electron chi connectivity index (χ1n) is 7.02. The first-order chi connectivity index (χ1) is 7.85. The van der Waals surface area contributed by atoms with E-state index < -0.39 is 0 Å². The van der Waals surface area contributed by atoms with Gasteiger partial charge in [-0.3, -0.25) is 4.79 Å². The monoisotopic (exact) mass is 232 g/mol. The topological polar surface area (TPSA) is 17.1 Å². The Bertz CT molecular complexity index is 406. The van der Waals surface area contributed by atoms with E-state index in [1.54, 1.807) is 0 Å². The van der Waals surface area contributed by atoms with Gasteiger partial charge < -0.3 is 0 Å². The number of hydrogen-bond acceptors (Lipinski definition) is 1. The molecular weight excluding hydrogens is 208 g/mol. The van der Waals surface area contributed by atoms with E-state index in [1.165, 1.54) is 12.8 Å². The lowest BCUT2D eigenvalue weighted by molar-refractivity contribution is -0.128. The SMILES string of the molecule is C/C=C\[C@@]12C[C@]1(C)[C@H]1CC(C)(C)C[C@H]1CC2=O. The van der Waals surface area contributed by atoms with Crippen molar-refractivity contribution in [1.29, 1.82) is 0 Å². The van der Waals surface area contributed by atoms with Crippen LogP contribution in [0.5, 0.6) is 0 Å². The van der Waals surface area contributed by atoms with Crippen molar-refractivity contribution in [3.63, 3.8) is 0 Å². The molecule has 94 valence electrons. The van der Waals surface area contributed by atoms with Gasteiger partial charge in [-0.05, 0) is 48.9 Å². The normalized spacial score (nSPS) is 51.4. The molecule has 0 N–H and O–H groups in total. The van der Waals surface area contributed by atoms with Crippen molar-refractivity contribution in [2.75, 3.05) is 0 Å². The second kappa shape index (κ2) is 3.05. The van der Waals surface area contributed by atoms with Crippen molar-refractivity contribution in [3.05, 3.63) is 12.2 Å². The van der Waals surface area contributed by atoms with Crippen LogP contribution in [0, 0.1) is 28.1 Å². The second-order valence-corrected chi connectivity index (χ2v) is 7.63. The van der Waals surface area contributed by atoms with Crippen LogP contribution in [0.15, 0.2) is 12.2 Å². The maximum atomic E-state index is 12.5. The Kier molecular flexibility index (Phi) is 2.06. The van der Waals surface area contributed by atoms with Crippen molar-refractivity contribution in [1.82, 2.24) is 0 Å². The molecule has 0 aromatic carbocycles. The van der Waals surface area contributed by atoms with E-state index in [1.807, 2.05) is 6.92 Å². The molecule has 0 aliphatic heterocycles. The van der Waals surface area contributed by atoms with Crippen LogP contribution in [0.25, 0.3) is 0 Å². The Morgan fingerprint density at radius 1 is 1.24 bits per heavy atom. The van der Waals surface area contributed by atoms with Gasteiger partial charge in [-0.25, -0.2) is 0 Å². The zero-order valence-electron chi connectivity index (χ0n) is 11.5. The summed E-state index contributed by atoms with van der Waals surface area (Å²) in [6.45, 7) is 9.16. The molecule has 0 unspecified atom stereocenters. The molecule has 0 saturated heterocycles. The molecule has 0 spiro atoms. The van der Waals surface area contributed by atoms with Gasteiger partial charge in [-0.2, -0.15) is 0 Å². The highest BCUT2D eigenvalue weighted by molar-refractivity contribution is 5.92. The first-order valence-corrected chi connectivity index (χ1v) is 7.02. The summed E-state index contributed by atoms with van der Waals surface area (Å²) in [6.07, 6.45) is 8.82. The molecule has 17 heavy (non-hydrogen) atoms. The van der Waals surface area contributed by atoms with Crippen LogP contribution in [-0.4, -0.2) is 5.78 Å². The van der Waals surface area contributed by atoms with E-state index in [4.69, 9.17) is 0 Å². The largest absolute Gasteiger partial charge is 0.299 e. The number of carbonyl (C=O) groups is 1. The van der Waals surface area contributed by atoms with Gasteiger partial charge in [-0.1, -0.05) is 32.9 Å². The third-order valence-corrected chi connectivity index (χ3v) is 5.91. The summed E-state index contributed by atoms with van der Waals surface area (Å²) in [4.78, 5) is 12.5. The number of carbonyl (C=O) groups excluding carboxylic acids is 1. The van der Waals surface area contributed by atoms with Crippen molar-refractivity contribution >= 4 is 5.78 Å².